The Morgan fingerprint density at radius 3 is 2.57 bits per heavy atom. The first kappa shape index (κ1) is 17.4. The van der Waals surface area contributed by atoms with Crippen LogP contribution in [0.2, 0.25) is 0 Å². The summed E-state index contributed by atoms with van der Waals surface area (Å²) in [5, 5.41) is 10.8. The molecule has 0 saturated heterocycles. The van der Waals surface area contributed by atoms with Gasteiger partial charge in [-0.25, -0.2) is 17.2 Å². The summed E-state index contributed by atoms with van der Waals surface area (Å²) in [6.45, 7) is 0.203. The first-order valence-corrected chi connectivity index (χ1v) is 8.81. The molecule has 1 aromatic heterocycles. The fourth-order valence-corrected chi connectivity index (χ4v) is 4.19. The number of aromatic nitrogens is 1. The number of amides is 1. The molecule has 124 valence electrons. The quantitative estimate of drug-likeness (QED) is 0.772. The fraction of sp³-hybridized carbons (Fsp3) is 0.214. The average molecular weight is 403 g/mol. The normalized spacial score (nSPS) is 11.2. The molecular weight excluding hydrogens is 388 g/mol. The third-order valence-electron chi connectivity index (χ3n) is 3.10. The van der Waals surface area contributed by atoms with Gasteiger partial charge in [0.2, 0.25) is 0 Å². The Labute approximate surface area is 142 Å². The summed E-state index contributed by atoms with van der Waals surface area (Å²) in [6, 6.07) is 7.72. The van der Waals surface area contributed by atoms with Crippen molar-refractivity contribution < 1.29 is 23.1 Å². The zero-order valence-electron chi connectivity index (χ0n) is 12.2. The van der Waals surface area contributed by atoms with E-state index in [4.69, 9.17) is 9.84 Å². The highest BCUT2D eigenvalue weighted by Crippen LogP contribution is 2.24. The smallest absolute Gasteiger partial charge is 0.404 e. The fourth-order valence-electron chi connectivity index (χ4n) is 1.96. The van der Waals surface area contributed by atoms with Crippen molar-refractivity contribution in [2.75, 3.05) is 13.7 Å². The summed E-state index contributed by atoms with van der Waals surface area (Å²) in [5.41, 5.74) is 0.697. The molecule has 2 rings (SSSR count). The van der Waals surface area contributed by atoms with E-state index in [1.165, 1.54) is 25.4 Å². The molecule has 0 bridgehead atoms. The van der Waals surface area contributed by atoms with E-state index < -0.39 is 16.1 Å². The van der Waals surface area contributed by atoms with E-state index in [0.717, 1.165) is 3.97 Å². The highest BCUT2D eigenvalue weighted by Gasteiger charge is 2.20. The highest BCUT2D eigenvalue weighted by molar-refractivity contribution is 9.10. The van der Waals surface area contributed by atoms with Crippen LogP contribution in [0.25, 0.3) is 0 Å². The molecule has 1 heterocycles. The van der Waals surface area contributed by atoms with E-state index in [-0.39, 0.29) is 11.4 Å². The Balaban J connectivity index is 2.25. The Bertz CT molecular complexity index is 799. The lowest BCUT2D eigenvalue weighted by Gasteiger charge is -2.08. The molecule has 2 aromatic rings. The van der Waals surface area contributed by atoms with Gasteiger partial charge in [-0.05, 0) is 58.2 Å². The number of nitrogens with zero attached hydrogens (tertiary/aromatic N) is 1. The summed E-state index contributed by atoms with van der Waals surface area (Å²) in [4.78, 5) is 10.6. The van der Waals surface area contributed by atoms with Crippen molar-refractivity contribution in [1.82, 2.24) is 9.29 Å². The van der Waals surface area contributed by atoms with Crippen LogP contribution in [-0.2, 0) is 16.4 Å². The van der Waals surface area contributed by atoms with E-state index in [1.54, 1.807) is 18.2 Å². The van der Waals surface area contributed by atoms with Gasteiger partial charge in [0.25, 0.3) is 10.0 Å². The van der Waals surface area contributed by atoms with Crippen LogP contribution in [0, 0.1) is 0 Å². The molecule has 0 aliphatic heterocycles. The van der Waals surface area contributed by atoms with Crippen molar-refractivity contribution in [3.05, 3.63) is 46.7 Å². The van der Waals surface area contributed by atoms with Crippen LogP contribution in [0.3, 0.4) is 0 Å². The predicted molar refractivity (Wildman–Crippen MR) is 87.4 cm³/mol. The second-order valence-electron chi connectivity index (χ2n) is 4.63. The van der Waals surface area contributed by atoms with Crippen molar-refractivity contribution in [2.45, 2.75) is 11.3 Å². The summed E-state index contributed by atoms with van der Waals surface area (Å²) < 4.78 is 31.8. The molecule has 1 amide bonds. The molecule has 0 aliphatic carbocycles. The van der Waals surface area contributed by atoms with E-state index in [2.05, 4.69) is 21.2 Å². The lowest BCUT2D eigenvalue weighted by atomic mass is 10.2. The largest absolute Gasteiger partial charge is 0.497 e. The Hall–Kier alpha value is -2.00. The van der Waals surface area contributed by atoms with Gasteiger partial charge in [0.1, 0.15) is 10.4 Å². The van der Waals surface area contributed by atoms with Gasteiger partial charge >= 0.3 is 6.09 Å². The van der Waals surface area contributed by atoms with Gasteiger partial charge in [0, 0.05) is 12.7 Å². The summed E-state index contributed by atoms with van der Waals surface area (Å²) in [5.74, 6) is 0.566. The summed E-state index contributed by atoms with van der Waals surface area (Å²) in [7, 11) is -2.23. The monoisotopic (exact) mass is 402 g/mol. The molecule has 0 unspecified atom stereocenters. The maximum absolute atomic E-state index is 12.6. The molecule has 9 heteroatoms. The lowest BCUT2D eigenvalue weighted by Crippen LogP contribution is -2.23. The van der Waals surface area contributed by atoms with Crippen molar-refractivity contribution >= 4 is 32.0 Å². The van der Waals surface area contributed by atoms with Crippen LogP contribution < -0.4 is 10.1 Å². The van der Waals surface area contributed by atoms with E-state index >= 15 is 0 Å². The molecule has 0 saturated carbocycles. The lowest BCUT2D eigenvalue weighted by molar-refractivity contribution is 0.194. The van der Waals surface area contributed by atoms with Gasteiger partial charge in [-0.15, -0.1) is 0 Å². The van der Waals surface area contributed by atoms with Crippen LogP contribution in [0.5, 0.6) is 5.75 Å². The highest BCUT2D eigenvalue weighted by atomic mass is 79.9. The average Bonchev–Trinajstić information content (AvgIpc) is 2.88. The third-order valence-corrected chi connectivity index (χ3v) is 5.64. The van der Waals surface area contributed by atoms with Crippen molar-refractivity contribution in [3.63, 3.8) is 0 Å². The molecular formula is C14H15BrN2O5S. The maximum Gasteiger partial charge on any atom is 0.404 e. The molecule has 0 atom stereocenters. The summed E-state index contributed by atoms with van der Waals surface area (Å²) >= 11 is 3.22. The number of benzene rings is 1. The molecule has 0 aliphatic rings. The minimum atomic E-state index is -3.74. The summed E-state index contributed by atoms with van der Waals surface area (Å²) in [6.07, 6.45) is 0.734. The van der Waals surface area contributed by atoms with Gasteiger partial charge < -0.3 is 15.2 Å². The number of ether oxygens (including phenoxy) is 1. The predicted octanol–water partition coefficient (Wildman–Crippen LogP) is 2.31. The Kier molecular flexibility index (Phi) is 5.32. The first-order valence-electron chi connectivity index (χ1n) is 6.58. The van der Waals surface area contributed by atoms with E-state index in [1.807, 2.05) is 0 Å². The van der Waals surface area contributed by atoms with Crippen LogP contribution >= 0.6 is 15.9 Å². The SMILES string of the molecule is COc1ccc(S(=O)(=O)n2cc(CCNC(=O)O)cc2Br)cc1. The Morgan fingerprint density at radius 1 is 1.35 bits per heavy atom. The zero-order valence-corrected chi connectivity index (χ0v) is 14.6. The molecule has 23 heavy (non-hydrogen) atoms. The minimum absolute atomic E-state index is 0.129. The number of hydrogen-bond donors (Lipinski definition) is 2. The molecule has 0 spiro atoms. The third kappa shape index (κ3) is 4.05. The van der Waals surface area contributed by atoms with Gasteiger partial charge in [0.05, 0.1) is 12.0 Å². The van der Waals surface area contributed by atoms with Crippen molar-refractivity contribution in [1.29, 1.82) is 0 Å². The van der Waals surface area contributed by atoms with Crippen LogP contribution in [-0.4, -0.2) is 37.2 Å². The number of halogens is 1. The zero-order chi connectivity index (χ0) is 17.0. The number of carboxylic acid groups (broad SMARTS) is 1. The topological polar surface area (TPSA) is 97.6 Å². The molecule has 1 aromatic carbocycles. The second-order valence-corrected chi connectivity index (χ2v) is 7.26. The number of methoxy groups -OCH3 is 1. The molecule has 0 radical (unpaired) electrons. The van der Waals surface area contributed by atoms with Gasteiger partial charge in [-0.2, -0.15) is 0 Å². The number of hydrogen-bond acceptors (Lipinski definition) is 4. The molecule has 0 fully saturated rings. The minimum Gasteiger partial charge on any atom is -0.497 e. The van der Waals surface area contributed by atoms with Gasteiger partial charge in [-0.1, -0.05) is 0 Å². The standard InChI is InChI=1S/C14H15BrN2O5S/c1-22-11-2-4-12(5-3-11)23(20,21)17-9-10(8-13(17)15)6-7-16-14(18)19/h2-5,8-9,16H,6-7H2,1H3,(H,18,19). The van der Waals surface area contributed by atoms with Crippen molar-refractivity contribution in [2.24, 2.45) is 0 Å². The van der Waals surface area contributed by atoms with Gasteiger partial charge in [-0.3, -0.25) is 0 Å². The number of rotatable bonds is 6. The maximum atomic E-state index is 12.6. The van der Waals surface area contributed by atoms with E-state index in [0.29, 0.717) is 22.3 Å². The Morgan fingerprint density at radius 2 is 2.00 bits per heavy atom. The second kappa shape index (κ2) is 7.05. The number of nitrogens with one attached hydrogen (secondary N) is 1. The first-order chi connectivity index (χ1) is 10.8. The van der Waals surface area contributed by atoms with Crippen LogP contribution in [0.15, 0.2) is 46.0 Å². The van der Waals surface area contributed by atoms with E-state index in [9.17, 15) is 13.2 Å². The molecule has 2 N–H and O–H groups in total. The van der Waals surface area contributed by atoms with Crippen molar-refractivity contribution in [3.8, 4) is 5.75 Å². The van der Waals surface area contributed by atoms with Crippen LogP contribution in [0.1, 0.15) is 5.56 Å². The molecule has 7 nitrogen and oxygen atoms in total. The van der Waals surface area contributed by atoms with Gasteiger partial charge in [0.15, 0.2) is 0 Å². The number of carbonyl (C=O) groups is 1. The van der Waals surface area contributed by atoms with Crippen LogP contribution in [0.4, 0.5) is 4.79 Å².